The first-order chi connectivity index (χ1) is 22.6. The largest absolute Gasteiger partial charge is 0.456 e. The molecule has 5 heteroatoms. The van der Waals surface area contributed by atoms with Crippen LogP contribution in [0.1, 0.15) is 22.3 Å². The van der Waals surface area contributed by atoms with Gasteiger partial charge in [-0.25, -0.2) is 0 Å². The van der Waals surface area contributed by atoms with E-state index in [9.17, 15) is 0 Å². The van der Waals surface area contributed by atoms with Gasteiger partial charge in [0.15, 0.2) is 11.1 Å². The van der Waals surface area contributed by atoms with Crippen LogP contribution >= 0.6 is 0 Å². The van der Waals surface area contributed by atoms with Gasteiger partial charge in [0, 0.05) is 16.8 Å². The maximum Gasteiger partial charge on any atom is 0.397 e. The monoisotopic (exact) mass is 592 g/mol. The number of hydrogen-bond acceptors (Lipinski definition) is 1. The lowest BCUT2D eigenvalue weighted by atomic mass is 9.84. The third-order valence-electron chi connectivity index (χ3n) is 10.4. The lowest BCUT2D eigenvalue weighted by Gasteiger charge is -2.32. The minimum atomic E-state index is -0.674. The Morgan fingerprint density at radius 1 is 0.652 bits per heavy atom. The van der Waals surface area contributed by atoms with E-state index in [0.29, 0.717) is 0 Å². The molecule has 1 atom stereocenters. The van der Waals surface area contributed by atoms with Crippen LogP contribution in [0.25, 0.3) is 55.6 Å². The van der Waals surface area contributed by atoms with Gasteiger partial charge in [-0.15, -0.1) is 4.68 Å². The molecule has 1 unspecified atom stereocenters. The van der Waals surface area contributed by atoms with Crippen molar-refractivity contribution < 1.29 is 14.0 Å². The van der Waals surface area contributed by atoms with Gasteiger partial charge in [0.05, 0.1) is 18.0 Å². The van der Waals surface area contributed by atoms with Crippen LogP contribution < -0.4 is 14.0 Å². The highest BCUT2D eigenvalue weighted by atomic mass is 16.5. The van der Waals surface area contributed by atoms with Crippen molar-refractivity contribution in [1.29, 1.82) is 0 Å². The summed E-state index contributed by atoms with van der Waals surface area (Å²) in [6.45, 7) is 4.46. The second-order valence-electron chi connectivity index (χ2n) is 12.8. The molecular formula is C41H28N4O+2. The third-order valence-corrected chi connectivity index (χ3v) is 10.4. The van der Waals surface area contributed by atoms with Gasteiger partial charge in [-0.1, -0.05) is 71.4 Å². The summed E-state index contributed by atoms with van der Waals surface area (Å²) in [5.74, 6) is 2.92. The molecule has 1 spiro atoms. The number of pyridine rings is 1. The molecule has 3 aromatic heterocycles. The summed E-state index contributed by atoms with van der Waals surface area (Å²) in [4.78, 5) is 0. The van der Waals surface area contributed by atoms with Crippen LogP contribution in [0.3, 0.4) is 0 Å². The van der Waals surface area contributed by atoms with E-state index < -0.39 is 5.66 Å². The van der Waals surface area contributed by atoms with Crippen LogP contribution in [0.4, 0.5) is 0 Å². The molecule has 3 aliphatic rings. The summed E-state index contributed by atoms with van der Waals surface area (Å²) in [7, 11) is 0. The molecule has 0 saturated carbocycles. The Morgan fingerprint density at radius 2 is 1.43 bits per heavy atom. The molecule has 0 radical (unpaired) electrons. The lowest BCUT2D eigenvalue weighted by molar-refractivity contribution is -0.993. The van der Waals surface area contributed by atoms with E-state index in [1.54, 1.807) is 0 Å². The highest BCUT2D eigenvalue weighted by molar-refractivity contribution is 6.11. The standard InChI is InChI=1S/C41H28N4O/c1-25-21-28(22-26(2)37(25)27-11-4-3-5-12-27)29-23-43-33-15-10-16-34-38(33)41(44(43)24-29)39-35(46-34)19-18-31-30-13-6-7-14-32(30)45(40(31)39)36-17-8-9-20-42(36)41/h3-24H,1-2H3/q+2. The normalized spacial score (nSPS) is 16.3. The second-order valence-corrected chi connectivity index (χ2v) is 12.8. The summed E-state index contributed by atoms with van der Waals surface area (Å²) < 4.78 is 16.5. The van der Waals surface area contributed by atoms with Gasteiger partial charge in [-0.2, -0.15) is 9.13 Å². The van der Waals surface area contributed by atoms with Gasteiger partial charge in [-0.3, -0.25) is 0 Å². The van der Waals surface area contributed by atoms with Crippen molar-refractivity contribution in [1.82, 2.24) is 9.25 Å². The van der Waals surface area contributed by atoms with Crippen molar-refractivity contribution in [3.8, 4) is 45.3 Å². The summed E-state index contributed by atoms with van der Waals surface area (Å²) in [5, 5.41) is 2.48. The van der Waals surface area contributed by atoms with Gasteiger partial charge in [0.1, 0.15) is 28.3 Å². The van der Waals surface area contributed by atoms with E-state index in [0.717, 1.165) is 23.0 Å². The van der Waals surface area contributed by atoms with E-state index in [2.05, 4.69) is 166 Å². The molecular weight excluding hydrogens is 564 g/mol. The highest BCUT2D eigenvalue weighted by Crippen LogP contribution is 2.55. The molecule has 0 saturated heterocycles. The Kier molecular flexibility index (Phi) is 4.35. The quantitative estimate of drug-likeness (QED) is 0.186. The molecule has 8 aromatic rings. The number of benzene rings is 5. The van der Waals surface area contributed by atoms with Crippen molar-refractivity contribution in [2.75, 3.05) is 0 Å². The van der Waals surface area contributed by atoms with E-state index >= 15 is 0 Å². The van der Waals surface area contributed by atoms with E-state index in [-0.39, 0.29) is 0 Å². The number of aryl methyl sites for hydroxylation is 2. The molecule has 5 aromatic carbocycles. The van der Waals surface area contributed by atoms with Crippen LogP contribution in [0.2, 0.25) is 0 Å². The summed E-state index contributed by atoms with van der Waals surface area (Å²) in [6, 6.07) is 41.5. The minimum absolute atomic E-state index is 0.674. The average molecular weight is 593 g/mol. The Morgan fingerprint density at radius 3 is 2.30 bits per heavy atom. The van der Waals surface area contributed by atoms with Gasteiger partial charge < -0.3 is 4.74 Å². The number of fused-ring (bicyclic) bond motifs is 7. The zero-order chi connectivity index (χ0) is 30.3. The van der Waals surface area contributed by atoms with Crippen molar-refractivity contribution in [3.63, 3.8) is 0 Å². The van der Waals surface area contributed by atoms with Gasteiger partial charge >= 0.3 is 5.66 Å². The number of ether oxygens (including phenoxy) is 1. The highest BCUT2D eigenvalue weighted by Gasteiger charge is 2.68. The number of nitrogens with zero attached hydrogens (tertiary/aromatic N) is 4. The van der Waals surface area contributed by atoms with Crippen molar-refractivity contribution >= 4 is 21.8 Å². The Labute approximate surface area is 265 Å². The fourth-order valence-electron chi connectivity index (χ4n) is 8.75. The van der Waals surface area contributed by atoms with Crippen LogP contribution in [0, 0.1) is 13.8 Å². The number of para-hydroxylation sites is 1. The molecule has 0 N–H and O–H groups in total. The van der Waals surface area contributed by atoms with Crippen LogP contribution in [-0.2, 0) is 5.66 Å². The van der Waals surface area contributed by atoms with Crippen molar-refractivity contribution in [2.45, 2.75) is 19.5 Å². The summed E-state index contributed by atoms with van der Waals surface area (Å²) in [5.41, 5.74) is 12.7. The Balaban J connectivity index is 1.25. The SMILES string of the molecule is Cc1cc(-c2cn3[n+](c2)C24c5c(cccc5-3)Oc3ccc5c6ccccc6n(c5c32)-c2cccc[n+]24)cc(C)c1-c1ccccc1. The molecule has 0 fully saturated rings. The molecule has 216 valence electrons. The molecule has 0 aliphatic carbocycles. The van der Waals surface area contributed by atoms with Crippen LogP contribution in [0.15, 0.2) is 134 Å². The first-order valence-corrected chi connectivity index (χ1v) is 15.9. The van der Waals surface area contributed by atoms with Gasteiger partial charge in [0.25, 0.3) is 5.82 Å². The Bertz CT molecular complexity index is 2620. The van der Waals surface area contributed by atoms with Crippen LogP contribution in [-0.4, -0.2) is 9.25 Å². The number of rotatable bonds is 2. The minimum Gasteiger partial charge on any atom is -0.456 e. The van der Waals surface area contributed by atoms with E-state index in [1.807, 2.05) is 0 Å². The van der Waals surface area contributed by atoms with E-state index in [1.165, 1.54) is 66.3 Å². The van der Waals surface area contributed by atoms with Crippen LogP contribution in [0.5, 0.6) is 11.5 Å². The summed E-state index contributed by atoms with van der Waals surface area (Å²) >= 11 is 0. The molecule has 46 heavy (non-hydrogen) atoms. The number of aromatic nitrogens is 4. The maximum atomic E-state index is 6.79. The summed E-state index contributed by atoms with van der Waals surface area (Å²) in [6.07, 6.45) is 6.88. The van der Waals surface area contributed by atoms with Crippen molar-refractivity contribution in [2.24, 2.45) is 0 Å². The smallest absolute Gasteiger partial charge is 0.397 e. The molecule has 0 amide bonds. The Hall–Kier alpha value is -5.94. The van der Waals surface area contributed by atoms with Gasteiger partial charge in [0.2, 0.25) is 6.20 Å². The first-order valence-electron chi connectivity index (χ1n) is 15.9. The molecule has 0 bridgehead atoms. The second kappa shape index (κ2) is 8.20. The molecule has 6 heterocycles. The average Bonchev–Trinajstić information content (AvgIpc) is 3.75. The third kappa shape index (κ3) is 2.70. The molecule has 11 rings (SSSR count). The predicted molar refractivity (Wildman–Crippen MR) is 179 cm³/mol. The zero-order valence-electron chi connectivity index (χ0n) is 25.4. The van der Waals surface area contributed by atoms with E-state index in [4.69, 9.17) is 4.74 Å². The van der Waals surface area contributed by atoms with Crippen molar-refractivity contribution in [3.05, 3.63) is 156 Å². The topological polar surface area (TPSA) is 26.8 Å². The maximum absolute atomic E-state index is 6.79. The first kappa shape index (κ1) is 24.4. The predicted octanol–water partition coefficient (Wildman–Crippen LogP) is 8.13. The fourth-order valence-corrected chi connectivity index (χ4v) is 8.75. The molecule has 3 aliphatic heterocycles. The lowest BCUT2D eigenvalue weighted by Crippen LogP contribution is -2.76. The van der Waals surface area contributed by atoms with Gasteiger partial charge in [-0.05, 0) is 84.1 Å². The number of hydrogen-bond donors (Lipinski definition) is 0. The molecule has 5 nitrogen and oxygen atoms in total. The zero-order valence-corrected chi connectivity index (χ0v) is 25.4. The fraction of sp³-hybridized carbons (Fsp3) is 0.0732.